The number of carbonyl (C=O) groups excluding carboxylic acids is 1. The number of hydrogen-bond donors (Lipinski definition) is 1. The third-order valence-electron chi connectivity index (χ3n) is 2.44. The molecule has 0 saturated carbocycles. The molecule has 0 aliphatic carbocycles. The van der Waals surface area contributed by atoms with Gasteiger partial charge in [0.1, 0.15) is 17.6 Å². The van der Waals surface area contributed by atoms with Crippen molar-refractivity contribution in [2.24, 2.45) is 10.2 Å². The molecule has 0 radical (unpaired) electrons. The average molecular weight is 304 g/mol. The van der Waals surface area contributed by atoms with Crippen LogP contribution in [0.5, 0.6) is 11.5 Å². The third kappa shape index (κ3) is 4.22. The molecule has 1 amide bonds. The van der Waals surface area contributed by atoms with Crippen molar-refractivity contribution in [3.63, 3.8) is 0 Å². The van der Waals surface area contributed by atoms with E-state index in [4.69, 9.17) is 14.7 Å². The van der Waals surface area contributed by atoms with Crippen LogP contribution in [-0.4, -0.2) is 36.8 Å². The summed E-state index contributed by atoms with van der Waals surface area (Å²) in [4.78, 5) is 11.0. The summed E-state index contributed by atoms with van der Waals surface area (Å²) in [6.07, 6.45) is 1.48. The summed E-state index contributed by atoms with van der Waals surface area (Å²) < 4.78 is 10.4. The predicted molar refractivity (Wildman–Crippen MR) is 79.7 cm³/mol. The Morgan fingerprint density at radius 2 is 2.43 bits per heavy atom. The summed E-state index contributed by atoms with van der Waals surface area (Å²) in [6, 6.07) is 7.04. The van der Waals surface area contributed by atoms with Gasteiger partial charge in [-0.25, -0.2) is 0 Å². The van der Waals surface area contributed by atoms with Gasteiger partial charge in [0.15, 0.2) is 11.8 Å². The molecule has 2 rings (SSSR count). The van der Waals surface area contributed by atoms with E-state index >= 15 is 0 Å². The van der Waals surface area contributed by atoms with Crippen molar-refractivity contribution in [3.05, 3.63) is 23.8 Å². The first-order valence-electron chi connectivity index (χ1n) is 5.94. The zero-order valence-corrected chi connectivity index (χ0v) is 12.0. The highest BCUT2D eigenvalue weighted by Crippen LogP contribution is 2.22. The van der Waals surface area contributed by atoms with Gasteiger partial charge in [-0.3, -0.25) is 4.79 Å². The van der Waals surface area contributed by atoms with Gasteiger partial charge < -0.3 is 14.8 Å². The number of nitrogens with zero attached hydrogens (tertiary/aromatic N) is 3. The smallest absolute Gasteiger partial charge is 0.236 e. The lowest BCUT2D eigenvalue weighted by Crippen LogP contribution is -2.19. The normalized spacial score (nSPS) is 16.0. The predicted octanol–water partition coefficient (Wildman–Crippen LogP) is 1.15. The number of benzene rings is 1. The SMILES string of the molecule is COc1ccc(OCC#N)c(C=NN=C2NC(=O)CS2)c1. The molecule has 1 heterocycles. The second kappa shape index (κ2) is 7.31. The molecule has 0 atom stereocenters. The number of methoxy groups -OCH3 is 1. The molecule has 7 nitrogen and oxygen atoms in total. The summed E-state index contributed by atoms with van der Waals surface area (Å²) in [7, 11) is 1.55. The van der Waals surface area contributed by atoms with Gasteiger partial charge in [0.25, 0.3) is 0 Å². The van der Waals surface area contributed by atoms with Crippen LogP contribution >= 0.6 is 11.8 Å². The fraction of sp³-hybridized carbons (Fsp3) is 0.231. The molecule has 8 heteroatoms. The van der Waals surface area contributed by atoms with Crippen LogP contribution in [-0.2, 0) is 4.79 Å². The van der Waals surface area contributed by atoms with Crippen molar-refractivity contribution in [2.75, 3.05) is 19.5 Å². The fourth-order valence-corrected chi connectivity index (χ4v) is 2.15. The van der Waals surface area contributed by atoms with E-state index in [0.717, 1.165) is 0 Å². The average Bonchev–Trinajstić information content (AvgIpc) is 2.91. The zero-order chi connectivity index (χ0) is 15.1. The van der Waals surface area contributed by atoms with Gasteiger partial charge in [-0.2, -0.15) is 10.4 Å². The molecule has 1 aliphatic rings. The number of rotatable bonds is 5. The Labute approximate surface area is 125 Å². The maximum atomic E-state index is 11.0. The number of hydrogen-bond acceptors (Lipinski definition) is 7. The molecule has 1 N–H and O–H groups in total. The molecule has 0 aromatic heterocycles. The monoisotopic (exact) mass is 304 g/mol. The van der Waals surface area contributed by atoms with Crippen molar-refractivity contribution in [2.45, 2.75) is 0 Å². The lowest BCUT2D eigenvalue weighted by atomic mass is 10.2. The Bertz CT molecular complexity index is 637. The summed E-state index contributed by atoms with van der Waals surface area (Å²) >= 11 is 1.29. The van der Waals surface area contributed by atoms with E-state index in [1.807, 2.05) is 6.07 Å². The highest BCUT2D eigenvalue weighted by molar-refractivity contribution is 8.15. The first-order chi connectivity index (χ1) is 10.2. The second-order valence-electron chi connectivity index (χ2n) is 3.84. The van der Waals surface area contributed by atoms with Crippen molar-refractivity contribution < 1.29 is 14.3 Å². The van der Waals surface area contributed by atoms with E-state index in [9.17, 15) is 4.79 Å². The van der Waals surface area contributed by atoms with E-state index in [1.165, 1.54) is 18.0 Å². The lowest BCUT2D eigenvalue weighted by molar-refractivity contribution is -0.116. The zero-order valence-electron chi connectivity index (χ0n) is 11.2. The van der Waals surface area contributed by atoms with E-state index < -0.39 is 0 Å². The lowest BCUT2D eigenvalue weighted by Gasteiger charge is -2.07. The van der Waals surface area contributed by atoms with Gasteiger partial charge in [0, 0.05) is 5.56 Å². The largest absolute Gasteiger partial charge is 0.497 e. The van der Waals surface area contributed by atoms with Crippen LogP contribution in [0.15, 0.2) is 28.4 Å². The van der Waals surface area contributed by atoms with Crippen LogP contribution in [0, 0.1) is 11.3 Å². The van der Waals surface area contributed by atoms with Crippen LogP contribution in [0.4, 0.5) is 0 Å². The topological polar surface area (TPSA) is 96.1 Å². The third-order valence-corrected chi connectivity index (χ3v) is 3.30. The minimum atomic E-state index is -0.0895. The summed E-state index contributed by atoms with van der Waals surface area (Å²) in [5, 5.41) is 19.4. The minimum Gasteiger partial charge on any atom is -0.497 e. The fourth-order valence-electron chi connectivity index (χ4n) is 1.52. The molecular formula is C13H12N4O3S. The number of ether oxygens (including phenoxy) is 2. The highest BCUT2D eigenvalue weighted by Gasteiger charge is 2.16. The van der Waals surface area contributed by atoms with E-state index in [0.29, 0.717) is 28.0 Å². The molecule has 0 spiro atoms. The minimum absolute atomic E-state index is 0.0619. The van der Waals surface area contributed by atoms with Crippen molar-refractivity contribution in [1.29, 1.82) is 5.26 Å². The molecular weight excluding hydrogens is 292 g/mol. The van der Waals surface area contributed by atoms with E-state index in [2.05, 4.69) is 15.5 Å². The highest BCUT2D eigenvalue weighted by atomic mass is 32.2. The van der Waals surface area contributed by atoms with Crippen molar-refractivity contribution >= 4 is 29.1 Å². The number of nitrogens with one attached hydrogen (secondary N) is 1. The van der Waals surface area contributed by atoms with Gasteiger partial charge in [-0.1, -0.05) is 11.8 Å². The Morgan fingerprint density at radius 3 is 3.10 bits per heavy atom. The molecule has 1 aromatic rings. The van der Waals surface area contributed by atoms with Crippen LogP contribution < -0.4 is 14.8 Å². The molecule has 1 aromatic carbocycles. The Balaban J connectivity index is 2.16. The molecule has 108 valence electrons. The molecule has 0 bridgehead atoms. The van der Waals surface area contributed by atoms with Crippen LogP contribution in [0.2, 0.25) is 0 Å². The van der Waals surface area contributed by atoms with Gasteiger partial charge in [-0.05, 0) is 18.2 Å². The summed E-state index contributed by atoms with van der Waals surface area (Å²) in [5.41, 5.74) is 0.628. The van der Waals surface area contributed by atoms with Gasteiger partial charge >= 0.3 is 0 Å². The maximum absolute atomic E-state index is 11.0. The number of amides is 1. The van der Waals surface area contributed by atoms with Crippen molar-refractivity contribution in [1.82, 2.24) is 5.32 Å². The number of carbonyl (C=O) groups is 1. The van der Waals surface area contributed by atoms with Crippen molar-refractivity contribution in [3.8, 4) is 17.6 Å². The second-order valence-corrected chi connectivity index (χ2v) is 4.80. The number of nitriles is 1. The first-order valence-corrected chi connectivity index (χ1v) is 6.93. The molecule has 0 unspecified atom stereocenters. The maximum Gasteiger partial charge on any atom is 0.236 e. The summed E-state index contributed by atoms with van der Waals surface area (Å²) in [6.45, 7) is -0.0619. The molecule has 1 aliphatic heterocycles. The first kappa shape index (κ1) is 14.9. The summed E-state index contributed by atoms with van der Waals surface area (Å²) in [5.74, 6) is 1.40. The number of amidine groups is 1. The Morgan fingerprint density at radius 1 is 1.57 bits per heavy atom. The standard InChI is InChI=1S/C13H12N4O3S/c1-19-10-2-3-11(20-5-4-14)9(6-10)7-15-17-13-16-12(18)8-21-13/h2-3,6-7H,5,8H2,1H3,(H,16,17,18). The quantitative estimate of drug-likeness (QED) is 0.650. The van der Waals surface area contributed by atoms with Gasteiger partial charge in [-0.15, -0.1) is 5.10 Å². The van der Waals surface area contributed by atoms with Crippen LogP contribution in [0.3, 0.4) is 0 Å². The number of thioether (sulfide) groups is 1. The Hall–Kier alpha value is -2.53. The van der Waals surface area contributed by atoms with Gasteiger partial charge in [0.05, 0.1) is 19.1 Å². The molecule has 21 heavy (non-hydrogen) atoms. The Kier molecular flexibility index (Phi) is 5.17. The van der Waals surface area contributed by atoms with E-state index in [-0.39, 0.29) is 12.5 Å². The molecule has 1 fully saturated rings. The molecule has 1 saturated heterocycles. The van der Waals surface area contributed by atoms with Crippen LogP contribution in [0.25, 0.3) is 0 Å². The van der Waals surface area contributed by atoms with Gasteiger partial charge in [0.2, 0.25) is 5.91 Å². The van der Waals surface area contributed by atoms with Crippen LogP contribution in [0.1, 0.15) is 5.56 Å². The van der Waals surface area contributed by atoms with E-state index in [1.54, 1.807) is 25.3 Å².